The van der Waals surface area contributed by atoms with E-state index in [4.69, 9.17) is 5.73 Å². The molecule has 0 fully saturated rings. The molecule has 0 bridgehead atoms. The fourth-order valence-corrected chi connectivity index (χ4v) is 2.43. The largest absolute Gasteiger partial charge is 0.394 e. The predicted molar refractivity (Wildman–Crippen MR) is 85.6 cm³/mol. The van der Waals surface area contributed by atoms with Gasteiger partial charge in [0.15, 0.2) is 0 Å². The molecule has 1 aromatic carbocycles. The van der Waals surface area contributed by atoms with Crippen LogP contribution in [0.3, 0.4) is 0 Å². The Morgan fingerprint density at radius 2 is 2.10 bits per heavy atom. The highest BCUT2D eigenvalue weighted by Crippen LogP contribution is 2.18. The molecule has 4 heteroatoms. The Bertz CT molecular complexity index is 434. The topological polar surface area (TPSA) is 75.3 Å². The van der Waals surface area contributed by atoms with Gasteiger partial charge in [-0.25, -0.2) is 0 Å². The summed E-state index contributed by atoms with van der Waals surface area (Å²) in [6.45, 7) is 5.63. The average molecular weight is 290 g/mol. The lowest BCUT2D eigenvalue weighted by atomic mass is 9.93. The van der Waals surface area contributed by atoms with Gasteiger partial charge in [-0.15, -0.1) is 6.58 Å². The Morgan fingerprint density at radius 3 is 2.62 bits per heavy atom. The second-order valence-electron chi connectivity index (χ2n) is 5.39. The van der Waals surface area contributed by atoms with E-state index in [2.05, 4.69) is 11.9 Å². The van der Waals surface area contributed by atoms with Crippen LogP contribution >= 0.6 is 0 Å². The first kappa shape index (κ1) is 17.4. The summed E-state index contributed by atoms with van der Waals surface area (Å²) in [6.07, 6.45) is 4.67. The minimum atomic E-state index is -0.452. The molecule has 0 radical (unpaired) electrons. The molecular formula is C17H26N2O2. The van der Waals surface area contributed by atoms with Crippen LogP contribution in [0.15, 0.2) is 43.0 Å². The van der Waals surface area contributed by atoms with Crippen molar-refractivity contribution < 1.29 is 9.90 Å². The molecule has 0 saturated heterocycles. The first-order valence-corrected chi connectivity index (χ1v) is 7.42. The number of rotatable bonds is 10. The number of primary amides is 1. The van der Waals surface area contributed by atoms with E-state index in [0.717, 1.165) is 24.8 Å². The van der Waals surface area contributed by atoms with Crippen LogP contribution in [0.25, 0.3) is 0 Å². The molecule has 0 aliphatic heterocycles. The van der Waals surface area contributed by atoms with Crippen LogP contribution in [0.4, 0.5) is 0 Å². The van der Waals surface area contributed by atoms with Gasteiger partial charge in [0, 0.05) is 0 Å². The predicted octanol–water partition coefficient (Wildman–Crippen LogP) is 2.16. The normalized spacial score (nSPS) is 15.1. The van der Waals surface area contributed by atoms with Crippen LogP contribution in [0, 0.1) is 5.92 Å². The van der Waals surface area contributed by atoms with Gasteiger partial charge in [-0.3, -0.25) is 10.1 Å². The Labute approximate surface area is 127 Å². The summed E-state index contributed by atoms with van der Waals surface area (Å²) in [5.74, 6) is -0.268. The standard InChI is InChI=1S/C17H26N2O2/c1-3-4-6-9-13(2)16(17(18)21)19-15(12-20)14-10-7-5-8-11-14/h3,5,7-8,10-11,13,15-16,19-20H,1,4,6,9,12H2,2H3,(H2,18,21)/t13?,15?,16-/m0/s1. The van der Waals surface area contributed by atoms with Gasteiger partial charge in [0.2, 0.25) is 5.91 Å². The van der Waals surface area contributed by atoms with Crippen molar-refractivity contribution in [1.82, 2.24) is 5.32 Å². The number of aliphatic hydroxyl groups excluding tert-OH is 1. The molecule has 21 heavy (non-hydrogen) atoms. The van der Waals surface area contributed by atoms with Crippen molar-refractivity contribution in [2.45, 2.75) is 38.3 Å². The Hall–Kier alpha value is -1.65. The van der Waals surface area contributed by atoms with Crippen LogP contribution in [0.5, 0.6) is 0 Å². The summed E-state index contributed by atoms with van der Waals surface area (Å²) >= 11 is 0. The van der Waals surface area contributed by atoms with Crippen LogP contribution in [-0.4, -0.2) is 23.7 Å². The van der Waals surface area contributed by atoms with Crippen LogP contribution in [0.2, 0.25) is 0 Å². The summed E-state index contributed by atoms with van der Waals surface area (Å²) in [5, 5.41) is 12.8. The Balaban J connectivity index is 2.71. The van der Waals surface area contributed by atoms with Gasteiger partial charge in [0.1, 0.15) is 0 Å². The Morgan fingerprint density at radius 1 is 1.43 bits per heavy atom. The van der Waals surface area contributed by atoms with Crippen LogP contribution in [0.1, 0.15) is 37.8 Å². The van der Waals surface area contributed by atoms with Crippen molar-refractivity contribution in [3.8, 4) is 0 Å². The lowest BCUT2D eigenvalue weighted by molar-refractivity contribution is -0.121. The molecule has 116 valence electrons. The fourth-order valence-electron chi connectivity index (χ4n) is 2.43. The summed E-state index contributed by atoms with van der Waals surface area (Å²) in [4.78, 5) is 11.7. The summed E-state index contributed by atoms with van der Waals surface area (Å²) in [5.41, 5.74) is 6.47. The number of aliphatic hydroxyl groups is 1. The first-order valence-electron chi connectivity index (χ1n) is 7.42. The highest BCUT2D eigenvalue weighted by atomic mass is 16.3. The van der Waals surface area contributed by atoms with Gasteiger partial charge >= 0.3 is 0 Å². The van der Waals surface area contributed by atoms with Crippen molar-refractivity contribution in [3.05, 3.63) is 48.6 Å². The quantitative estimate of drug-likeness (QED) is 0.456. The molecule has 0 aliphatic rings. The number of amides is 1. The number of hydrogen-bond donors (Lipinski definition) is 3. The smallest absolute Gasteiger partial charge is 0.234 e. The molecule has 1 aromatic rings. The van der Waals surface area contributed by atoms with E-state index in [1.807, 2.05) is 43.3 Å². The van der Waals surface area contributed by atoms with Gasteiger partial charge in [-0.2, -0.15) is 0 Å². The zero-order chi connectivity index (χ0) is 15.7. The third-order valence-electron chi connectivity index (χ3n) is 3.71. The van der Waals surface area contributed by atoms with Gasteiger partial charge in [-0.1, -0.05) is 43.3 Å². The molecule has 2 unspecified atom stereocenters. The van der Waals surface area contributed by atoms with Gasteiger partial charge in [0.25, 0.3) is 0 Å². The van der Waals surface area contributed by atoms with Crippen LogP contribution < -0.4 is 11.1 Å². The monoisotopic (exact) mass is 290 g/mol. The van der Waals surface area contributed by atoms with Gasteiger partial charge in [-0.05, 0) is 30.7 Å². The summed E-state index contributed by atoms with van der Waals surface area (Å²) in [7, 11) is 0. The first-order chi connectivity index (χ1) is 10.1. The van der Waals surface area contributed by atoms with Gasteiger partial charge < -0.3 is 10.8 Å². The minimum Gasteiger partial charge on any atom is -0.394 e. The van der Waals surface area contributed by atoms with Crippen LogP contribution in [-0.2, 0) is 4.79 Å². The number of nitrogens with one attached hydrogen (secondary N) is 1. The Kier molecular flexibility index (Phi) is 7.72. The lowest BCUT2D eigenvalue weighted by Gasteiger charge is -2.27. The van der Waals surface area contributed by atoms with Crippen molar-refractivity contribution >= 4 is 5.91 Å². The molecule has 3 atom stereocenters. The average Bonchev–Trinajstić information content (AvgIpc) is 2.49. The number of benzene rings is 1. The molecule has 0 spiro atoms. The lowest BCUT2D eigenvalue weighted by Crippen LogP contribution is -2.48. The molecule has 0 heterocycles. The number of unbranched alkanes of at least 4 members (excludes halogenated alkanes) is 1. The van der Waals surface area contributed by atoms with Crippen molar-refractivity contribution in [3.63, 3.8) is 0 Å². The van der Waals surface area contributed by atoms with E-state index < -0.39 is 6.04 Å². The summed E-state index contributed by atoms with van der Waals surface area (Å²) < 4.78 is 0. The maximum absolute atomic E-state index is 11.7. The number of carbonyl (C=O) groups is 1. The maximum Gasteiger partial charge on any atom is 0.234 e. The van der Waals surface area contributed by atoms with E-state index in [-0.39, 0.29) is 24.5 Å². The van der Waals surface area contributed by atoms with E-state index in [1.165, 1.54) is 0 Å². The van der Waals surface area contributed by atoms with Gasteiger partial charge in [0.05, 0.1) is 18.7 Å². The molecule has 1 rings (SSSR count). The fraction of sp³-hybridized carbons (Fsp3) is 0.471. The van der Waals surface area contributed by atoms with Crippen molar-refractivity contribution in [2.24, 2.45) is 11.7 Å². The number of nitrogens with two attached hydrogens (primary N) is 1. The van der Waals surface area contributed by atoms with E-state index in [1.54, 1.807) is 0 Å². The van der Waals surface area contributed by atoms with E-state index in [9.17, 15) is 9.90 Å². The SMILES string of the molecule is C=CCCCC(C)[C@H](NC(CO)c1ccccc1)C(N)=O. The van der Waals surface area contributed by atoms with E-state index >= 15 is 0 Å². The summed E-state index contributed by atoms with van der Waals surface area (Å²) in [6, 6.07) is 8.85. The molecule has 0 aliphatic carbocycles. The second-order valence-corrected chi connectivity index (χ2v) is 5.39. The molecule has 1 amide bonds. The van der Waals surface area contributed by atoms with E-state index in [0.29, 0.717) is 0 Å². The molecule has 4 nitrogen and oxygen atoms in total. The third kappa shape index (κ3) is 5.69. The highest BCUT2D eigenvalue weighted by molar-refractivity contribution is 5.80. The zero-order valence-corrected chi connectivity index (χ0v) is 12.7. The number of allylic oxidation sites excluding steroid dienone is 1. The maximum atomic E-state index is 11.7. The number of hydrogen-bond acceptors (Lipinski definition) is 3. The molecule has 4 N–H and O–H groups in total. The highest BCUT2D eigenvalue weighted by Gasteiger charge is 2.25. The molecule has 0 saturated carbocycles. The van der Waals surface area contributed by atoms with Crippen molar-refractivity contribution in [2.75, 3.05) is 6.61 Å². The molecular weight excluding hydrogens is 264 g/mol. The second kappa shape index (κ2) is 9.32. The minimum absolute atomic E-state index is 0.0762. The zero-order valence-electron chi connectivity index (χ0n) is 12.7. The molecule has 0 aromatic heterocycles. The van der Waals surface area contributed by atoms with Crippen molar-refractivity contribution in [1.29, 1.82) is 0 Å². The number of carbonyl (C=O) groups excluding carboxylic acids is 1. The third-order valence-corrected chi connectivity index (χ3v) is 3.71.